The average molecular weight is 166 g/mol. The second-order valence-corrected chi connectivity index (χ2v) is 3.79. The van der Waals surface area contributed by atoms with Crippen LogP contribution in [-0.2, 0) is 0 Å². The van der Waals surface area contributed by atoms with Crippen LogP contribution in [0.15, 0.2) is 0 Å². The first-order chi connectivity index (χ1) is 5.77. The summed E-state index contributed by atoms with van der Waals surface area (Å²) >= 11 is 0. The number of nitriles is 1. The fraction of sp³-hybridized carbons (Fsp3) is 0.900. The molecule has 0 N–H and O–H groups in total. The summed E-state index contributed by atoms with van der Waals surface area (Å²) in [5.74, 6) is 0.873. The molecule has 0 heterocycles. The zero-order valence-electron chi connectivity index (χ0n) is 8.08. The Morgan fingerprint density at radius 1 is 1.58 bits per heavy atom. The van der Waals surface area contributed by atoms with Crippen molar-refractivity contribution < 1.29 is 0 Å². The molecule has 0 aromatic carbocycles. The van der Waals surface area contributed by atoms with Crippen LogP contribution < -0.4 is 0 Å². The third-order valence-corrected chi connectivity index (χ3v) is 2.84. The fourth-order valence-corrected chi connectivity index (χ4v) is 1.71. The van der Waals surface area contributed by atoms with Gasteiger partial charge in [0.15, 0.2) is 0 Å². The number of rotatable bonds is 4. The highest BCUT2D eigenvalue weighted by molar-refractivity contribution is 4.90. The molecule has 0 radical (unpaired) electrons. The minimum absolute atomic E-state index is 0.130. The second-order valence-electron chi connectivity index (χ2n) is 3.79. The molecule has 0 bridgehead atoms. The third kappa shape index (κ3) is 2.22. The molecule has 1 aliphatic rings. The quantitative estimate of drug-likeness (QED) is 0.639. The molecule has 2 nitrogen and oxygen atoms in total. The third-order valence-electron chi connectivity index (χ3n) is 2.84. The summed E-state index contributed by atoms with van der Waals surface area (Å²) in [6.07, 6.45) is 5.07. The number of hydrogen-bond donors (Lipinski definition) is 0. The number of hydrogen-bond acceptors (Lipinski definition) is 2. The zero-order chi connectivity index (χ0) is 8.97. The van der Waals surface area contributed by atoms with Gasteiger partial charge in [0.2, 0.25) is 0 Å². The molecule has 12 heavy (non-hydrogen) atoms. The van der Waals surface area contributed by atoms with Gasteiger partial charge < -0.3 is 0 Å². The Labute approximate surface area is 75.2 Å². The van der Waals surface area contributed by atoms with E-state index in [1.54, 1.807) is 0 Å². The van der Waals surface area contributed by atoms with E-state index >= 15 is 0 Å². The van der Waals surface area contributed by atoms with Crippen LogP contribution >= 0.6 is 0 Å². The Bertz CT molecular complexity index is 167. The SMILES string of the molecule is CCC(C#N)N(C)CC1CCC1. The molecule has 0 amide bonds. The van der Waals surface area contributed by atoms with Crippen molar-refractivity contribution in [2.24, 2.45) is 5.92 Å². The highest BCUT2D eigenvalue weighted by Gasteiger charge is 2.21. The van der Waals surface area contributed by atoms with Gasteiger partial charge in [-0.25, -0.2) is 0 Å². The zero-order valence-corrected chi connectivity index (χ0v) is 8.08. The first kappa shape index (κ1) is 9.54. The van der Waals surface area contributed by atoms with Gasteiger partial charge in [0, 0.05) is 6.54 Å². The summed E-state index contributed by atoms with van der Waals surface area (Å²) in [6.45, 7) is 3.19. The molecular weight excluding hydrogens is 148 g/mol. The van der Waals surface area contributed by atoms with Crippen molar-refractivity contribution >= 4 is 0 Å². The maximum atomic E-state index is 8.81. The van der Waals surface area contributed by atoms with Crippen LogP contribution in [0.1, 0.15) is 32.6 Å². The molecule has 0 aromatic heterocycles. The Morgan fingerprint density at radius 2 is 2.25 bits per heavy atom. The van der Waals surface area contributed by atoms with Crippen molar-refractivity contribution in [2.45, 2.75) is 38.6 Å². The minimum Gasteiger partial charge on any atom is -0.291 e. The van der Waals surface area contributed by atoms with Gasteiger partial charge in [0.25, 0.3) is 0 Å². The van der Waals surface area contributed by atoms with E-state index in [0.717, 1.165) is 18.9 Å². The van der Waals surface area contributed by atoms with Gasteiger partial charge in [-0.15, -0.1) is 0 Å². The van der Waals surface area contributed by atoms with E-state index in [0.29, 0.717) is 0 Å². The molecule has 1 aliphatic carbocycles. The smallest absolute Gasteiger partial charge is 0.0972 e. The monoisotopic (exact) mass is 166 g/mol. The summed E-state index contributed by atoms with van der Waals surface area (Å²) < 4.78 is 0. The van der Waals surface area contributed by atoms with Crippen molar-refractivity contribution in [3.8, 4) is 6.07 Å². The largest absolute Gasteiger partial charge is 0.291 e. The lowest BCUT2D eigenvalue weighted by molar-refractivity contribution is 0.182. The Balaban J connectivity index is 2.25. The Kier molecular flexibility index (Phi) is 3.55. The molecule has 1 unspecified atom stereocenters. The molecule has 0 saturated heterocycles. The van der Waals surface area contributed by atoms with Crippen molar-refractivity contribution in [2.75, 3.05) is 13.6 Å². The van der Waals surface area contributed by atoms with Crippen molar-refractivity contribution in [3.63, 3.8) is 0 Å². The molecular formula is C10H18N2. The van der Waals surface area contributed by atoms with Crippen LogP contribution in [0, 0.1) is 17.2 Å². The van der Waals surface area contributed by atoms with Gasteiger partial charge in [-0.05, 0) is 32.2 Å². The van der Waals surface area contributed by atoms with Gasteiger partial charge in [0.05, 0.1) is 12.1 Å². The summed E-state index contributed by atoms with van der Waals surface area (Å²) in [4.78, 5) is 2.20. The maximum Gasteiger partial charge on any atom is 0.0972 e. The van der Waals surface area contributed by atoms with Crippen LogP contribution in [0.25, 0.3) is 0 Å². The molecule has 0 aromatic rings. The van der Waals surface area contributed by atoms with E-state index in [1.807, 2.05) is 0 Å². The van der Waals surface area contributed by atoms with Crippen LogP contribution in [0.5, 0.6) is 0 Å². The van der Waals surface area contributed by atoms with Gasteiger partial charge in [-0.3, -0.25) is 4.90 Å². The lowest BCUT2D eigenvalue weighted by Gasteiger charge is -2.31. The van der Waals surface area contributed by atoms with Crippen molar-refractivity contribution in [3.05, 3.63) is 0 Å². The van der Waals surface area contributed by atoms with Crippen LogP contribution in [-0.4, -0.2) is 24.5 Å². The summed E-state index contributed by atoms with van der Waals surface area (Å²) in [5, 5.41) is 8.81. The van der Waals surface area contributed by atoms with Gasteiger partial charge in [-0.2, -0.15) is 5.26 Å². The minimum atomic E-state index is 0.130. The molecule has 1 saturated carbocycles. The fourth-order valence-electron chi connectivity index (χ4n) is 1.71. The first-order valence-corrected chi connectivity index (χ1v) is 4.87. The van der Waals surface area contributed by atoms with E-state index in [1.165, 1.54) is 19.3 Å². The highest BCUT2D eigenvalue weighted by Crippen LogP contribution is 2.27. The number of nitrogens with zero attached hydrogens (tertiary/aromatic N) is 2. The molecule has 2 heteroatoms. The summed E-state index contributed by atoms with van der Waals surface area (Å²) in [5.41, 5.74) is 0. The molecule has 68 valence electrons. The second kappa shape index (κ2) is 4.47. The molecule has 1 rings (SSSR count). The summed E-state index contributed by atoms with van der Waals surface area (Å²) in [6, 6.07) is 2.46. The van der Waals surface area contributed by atoms with Gasteiger partial charge in [-0.1, -0.05) is 13.3 Å². The van der Waals surface area contributed by atoms with Crippen molar-refractivity contribution in [1.29, 1.82) is 5.26 Å². The predicted molar refractivity (Wildman–Crippen MR) is 49.7 cm³/mol. The predicted octanol–water partition coefficient (Wildman–Crippen LogP) is 2.02. The lowest BCUT2D eigenvalue weighted by atomic mass is 9.85. The van der Waals surface area contributed by atoms with E-state index in [9.17, 15) is 0 Å². The normalized spacial score (nSPS) is 20.2. The van der Waals surface area contributed by atoms with E-state index in [4.69, 9.17) is 5.26 Å². The topological polar surface area (TPSA) is 27.0 Å². The van der Waals surface area contributed by atoms with E-state index in [2.05, 4.69) is 24.9 Å². The Morgan fingerprint density at radius 3 is 2.58 bits per heavy atom. The standard InChI is InChI=1S/C10H18N2/c1-3-10(7-11)12(2)8-9-5-4-6-9/h9-10H,3-6,8H2,1-2H3. The van der Waals surface area contributed by atoms with Gasteiger partial charge in [0.1, 0.15) is 0 Å². The van der Waals surface area contributed by atoms with Crippen LogP contribution in [0.2, 0.25) is 0 Å². The van der Waals surface area contributed by atoms with E-state index in [-0.39, 0.29) is 6.04 Å². The molecule has 0 spiro atoms. The summed E-state index contributed by atoms with van der Waals surface area (Å²) in [7, 11) is 2.07. The van der Waals surface area contributed by atoms with Crippen molar-refractivity contribution in [1.82, 2.24) is 4.90 Å². The molecule has 0 aliphatic heterocycles. The lowest BCUT2D eigenvalue weighted by Crippen LogP contribution is -2.36. The molecule has 1 atom stereocenters. The highest BCUT2D eigenvalue weighted by atomic mass is 15.1. The van der Waals surface area contributed by atoms with Gasteiger partial charge >= 0.3 is 0 Å². The average Bonchev–Trinajstić information content (AvgIpc) is 1.99. The van der Waals surface area contributed by atoms with Crippen LogP contribution in [0.4, 0.5) is 0 Å². The maximum absolute atomic E-state index is 8.81. The Hall–Kier alpha value is -0.550. The molecule has 1 fully saturated rings. The van der Waals surface area contributed by atoms with E-state index < -0.39 is 0 Å². The van der Waals surface area contributed by atoms with Crippen LogP contribution in [0.3, 0.4) is 0 Å². The first-order valence-electron chi connectivity index (χ1n) is 4.87.